The maximum atomic E-state index is 12.8. The lowest BCUT2D eigenvalue weighted by Gasteiger charge is -2.10. The fourth-order valence-electron chi connectivity index (χ4n) is 1.86. The zero-order valence-corrected chi connectivity index (χ0v) is 11.5. The van der Waals surface area contributed by atoms with Crippen LogP contribution in [0.25, 0.3) is 0 Å². The number of nitrogens with one attached hydrogen (secondary N) is 1. The Kier molecular flexibility index (Phi) is 3.98. The Labute approximate surface area is 120 Å². The van der Waals surface area contributed by atoms with Crippen LogP contribution in [-0.4, -0.2) is 22.0 Å². The minimum absolute atomic E-state index is 0.0477. The predicted molar refractivity (Wildman–Crippen MR) is 75.0 cm³/mol. The van der Waals surface area contributed by atoms with Crippen LogP contribution in [0.1, 0.15) is 32.0 Å². The zero-order valence-electron chi connectivity index (χ0n) is 11.5. The minimum Gasteiger partial charge on any atom is -0.478 e. The topological polar surface area (TPSA) is 79.3 Å². The summed E-state index contributed by atoms with van der Waals surface area (Å²) >= 11 is 0. The summed E-state index contributed by atoms with van der Waals surface area (Å²) in [6.07, 6.45) is 0.942. The third-order valence-electron chi connectivity index (χ3n) is 3.12. The number of carboxylic acids is 1. The van der Waals surface area contributed by atoms with Gasteiger partial charge in [0, 0.05) is 5.69 Å². The number of halogens is 1. The molecule has 0 saturated carbocycles. The van der Waals surface area contributed by atoms with Crippen LogP contribution in [0.5, 0.6) is 0 Å². The van der Waals surface area contributed by atoms with Gasteiger partial charge in [0.05, 0.1) is 11.8 Å². The molecule has 0 atom stereocenters. The highest BCUT2D eigenvalue weighted by atomic mass is 19.1. The fourth-order valence-corrected chi connectivity index (χ4v) is 1.86. The van der Waals surface area contributed by atoms with E-state index in [0.717, 1.165) is 17.8 Å². The number of benzene rings is 1. The number of carboxylic acid groups (broad SMARTS) is 1. The molecular formula is C15H13FN2O3. The Morgan fingerprint density at radius 3 is 2.52 bits per heavy atom. The lowest BCUT2D eigenvalue weighted by Crippen LogP contribution is -2.14. The van der Waals surface area contributed by atoms with Crippen molar-refractivity contribution in [3.05, 3.63) is 58.7 Å². The third kappa shape index (κ3) is 3.22. The van der Waals surface area contributed by atoms with Gasteiger partial charge in [0.25, 0.3) is 5.91 Å². The molecule has 0 bridgehead atoms. The van der Waals surface area contributed by atoms with Crippen LogP contribution < -0.4 is 5.32 Å². The summed E-state index contributed by atoms with van der Waals surface area (Å²) in [5.74, 6) is -2.13. The highest BCUT2D eigenvalue weighted by Crippen LogP contribution is 2.20. The molecule has 108 valence electrons. The van der Waals surface area contributed by atoms with Crippen molar-refractivity contribution in [1.29, 1.82) is 0 Å². The maximum Gasteiger partial charge on any atom is 0.336 e. The number of aryl methyl sites for hydroxylation is 1. The van der Waals surface area contributed by atoms with E-state index < -0.39 is 17.7 Å². The smallest absolute Gasteiger partial charge is 0.336 e. The summed E-state index contributed by atoms with van der Waals surface area (Å²) < 4.78 is 12.8. The molecule has 1 heterocycles. The molecule has 0 fully saturated rings. The van der Waals surface area contributed by atoms with Crippen LogP contribution in [-0.2, 0) is 0 Å². The molecule has 1 aromatic carbocycles. The number of amides is 1. The number of aromatic carboxylic acids is 1. The molecule has 2 N–H and O–H groups in total. The van der Waals surface area contributed by atoms with Gasteiger partial charge in [-0.15, -0.1) is 0 Å². The Hall–Kier alpha value is -2.76. The van der Waals surface area contributed by atoms with Crippen molar-refractivity contribution < 1.29 is 19.1 Å². The van der Waals surface area contributed by atoms with E-state index in [0.29, 0.717) is 11.3 Å². The van der Waals surface area contributed by atoms with Crippen molar-refractivity contribution in [1.82, 2.24) is 4.98 Å². The van der Waals surface area contributed by atoms with Gasteiger partial charge < -0.3 is 10.4 Å². The van der Waals surface area contributed by atoms with Gasteiger partial charge >= 0.3 is 5.97 Å². The van der Waals surface area contributed by atoms with E-state index in [4.69, 9.17) is 5.11 Å². The second kappa shape index (κ2) is 5.70. The molecule has 0 aliphatic carbocycles. The van der Waals surface area contributed by atoms with Crippen LogP contribution in [0, 0.1) is 19.7 Å². The molecule has 0 aliphatic heterocycles. The van der Waals surface area contributed by atoms with E-state index in [1.165, 1.54) is 12.1 Å². The van der Waals surface area contributed by atoms with E-state index >= 15 is 0 Å². The van der Waals surface area contributed by atoms with Gasteiger partial charge in [-0.2, -0.15) is 0 Å². The maximum absolute atomic E-state index is 12.8. The summed E-state index contributed by atoms with van der Waals surface area (Å²) in [5, 5.41) is 11.7. The number of nitrogens with zero attached hydrogens (tertiary/aromatic N) is 1. The number of hydrogen-bond acceptors (Lipinski definition) is 3. The average molecular weight is 288 g/mol. The second-order valence-corrected chi connectivity index (χ2v) is 4.59. The molecular weight excluding hydrogens is 275 g/mol. The minimum atomic E-state index is -1.06. The number of pyridine rings is 1. The highest BCUT2D eigenvalue weighted by molar-refractivity contribution is 6.03. The number of aromatic nitrogens is 1. The van der Waals surface area contributed by atoms with Crippen molar-refractivity contribution in [3.63, 3.8) is 0 Å². The van der Waals surface area contributed by atoms with E-state index in [-0.39, 0.29) is 11.3 Å². The van der Waals surface area contributed by atoms with Gasteiger partial charge in [0.2, 0.25) is 0 Å². The molecule has 1 amide bonds. The number of anilines is 1. The van der Waals surface area contributed by atoms with E-state index in [9.17, 15) is 14.0 Å². The molecule has 6 heteroatoms. The molecule has 0 radical (unpaired) electrons. The Morgan fingerprint density at radius 1 is 1.24 bits per heavy atom. The van der Waals surface area contributed by atoms with Gasteiger partial charge in [-0.25, -0.2) is 14.2 Å². The first-order chi connectivity index (χ1) is 9.88. The van der Waals surface area contributed by atoms with E-state index in [2.05, 4.69) is 10.3 Å². The van der Waals surface area contributed by atoms with Crippen LogP contribution >= 0.6 is 0 Å². The molecule has 0 aliphatic rings. The standard InChI is InChI=1S/C15H13FN2O3/c1-8-5-11(6-12(9(8)2)15(20)21)18-14(19)13-4-3-10(16)7-17-13/h3-7H,1-2H3,(H,18,19)(H,20,21). The van der Waals surface area contributed by atoms with Crippen LogP contribution in [0.2, 0.25) is 0 Å². The van der Waals surface area contributed by atoms with Crippen LogP contribution in [0.4, 0.5) is 10.1 Å². The molecule has 0 saturated heterocycles. The number of rotatable bonds is 3. The van der Waals surface area contributed by atoms with Crippen molar-refractivity contribution in [2.75, 3.05) is 5.32 Å². The van der Waals surface area contributed by atoms with Crippen molar-refractivity contribution in [3.8, 4) is 0 Å². The van der Waals surface area contributed by atoms with Crippen molar-refractivity contribution in [2.24, 2.45) is 0 Å². The van der Waals surface area contributed by atoms with E-state index in [1.54, 1.807) is 19.9 Å². The van der Waals surface area contributed by atoms with Crippen molar-refractivity contribution >= 4 is 17.6 Å². The molecule has 2 rings (SSSR count). The summed E-state index contributed by atoms with van der Waals surface area (Å²) in [6, 6.07) is 5.43. The molecule has 21 heavy (non-hydrogen) atoms. The summed E-state index contributed by atoms with van der Waals surface area (Å²) in [5.41, 5.74) is 1.91. The van der Waals surface area contributed by atoms with E-state index in [1.807, 2.05) is 0 Å². The third-order valence-corrected chi connectivity index (χ3v) is 3.12. The normalized spacial score (nSPS) is 10.2. The Morgan fingerprint density at radius 2 is 1.95 bits per heavy atom. The molecule has 1 aromatic heterocycles. The number of carbonyl (C=O) groups is 2. The number of carbonyl (C=O) groups excluding carboxylic acids is 1. The van der Waals surface area contributed by atoms with Gasteiger partial charge in [-0.05, 0) is 49.2 Å². The van der Waals surface area contributed by atoms with Crippen LogP contribution in [0.15, 0.2) is 30.5 Å². The first-order valence-electron chi connectivity index (χ1n) is 6.16. The highest BCUT2D eigenvalue weighted by Gasteiger charge is 2.13. The van der Waals surface area contributed by atoms with Gasteiger partial charge in [0.15, 0.2) is 0 Å². The fraction of sp³-hybridized carbons (Fsp3) is 0.133. The summed E-state index contributed by atoms with van der Waals surface area (Å²) in [4.78, 5) is 26.8. The van der Waals surface area contributed by atoms with Crippen molar-refractivity contribution in [2.45, 2.75) is 13.8 Å². The largest absolute Gasteiger partial charge is 0.478 e. The monoisotopic (exact) mass is 288 g/mol. The summed E-state index contributed by atoms with van der Waals surface area (Å²) in [6.45, 7) is 3.46. The molecule has 0 spiro atoms. The Balaban J connectivity index is 2.29. The number of hydrogen-bond donors (Lipinski definition) is 2. The first-order valence-corrected chi connectivity index (χ1v) is 6.16. The van der Waals surface area contributed by atoms with Gasteiger partial charge in [-0.3, -0.25) is 4.79 Å². The lowest BCUT2D eigenvalue weighted by molar-refractivity contribution is 0.0695. The first kappa shape index (κ1) is 14.6. The SMILES string of the molecule is Cc1cc(NC(=O)c2ccc(F)cn2)cc(C(=O)O)c1C. The van der Waals surface area contributed by atoms with Crippen LogP contribution in [0.3, 0.4) is 0 Å². The quantitative estimate of drug-likeness (QED) is 0.910. The molecule has 5 nitrogen and oxygen atoms in total. The molecule has 2 aromatic rings. The summed E-state index contributed by atoms with van der Waals surface area (Å²) in [7, 11) is 0. The lowest BCUT2D eigenvalue weighted by atomic mass is 10.0. The Bertz CT molecular complexity index is 712. The van der Waals surface area contributed by atoms with Gasteiger partial charge in [0.1, 0.15) is 11.5 Å². The zero-order chi connectivity index (χ0) is 15.6. The van der Waals surface area contributed by atoms with Gasteiger partial charge in [-0.1, -0.05) is 0 Å². The average Bonchev–Trinajstić information content (AvgIpc) is 2.43. The molecule has 0 unspecified atom stereocenters. The second-order valence-electron chi connectivity index (χ2n) is 4.59. The predicted octanol–water partition coefficient (Wildman–Crippen LogP) is 2.79.